The molecule has 1 aromatic rings. The van der Waals surface area contributed by atoms with Gasteiger partial charge in [-0.1, -0.05) is 19.8 Å². The molecule has 110 valence electrons. The summed E-state index contributed by atoms with van der Waals surface area (Å²) in [4.78, 5) is 12.4. The topological polar surface area (TPSA) is 41.1 Å². The van der Waals surface area contributed by atoms with Crippen LogP contribution in [-0.2, 0) is 0 Å². The van der Waals surface area contributed by atoms with E-state index < -0.39 is 0 Å². The van der Waals surface area contributed by atoms with E-state index in [1.54, 1.807) is 0 Å². The molecule has 0 aromatic heterocycles. The Morgan fingerprint density at radius 1 is 1.30 bits per heavy atom. The highest BCUT2D eigenvalue weighted by atomic mass is 16.1. The van der Waals surface area contributed by atoms with E-state index in [2.05, 4.69) is 30.5 Å². The van der Waals surface area contributed by atoms with Crippen LogP contribution in [0.2, 0.25) is 0 Å². The highest BCUT2D eigenvalue weighted by Crippen LogP contribution is 2.29. The fraction of sp³-hybridized carbons (Fsp3) is 0.588. The van der Waals surface area contributed by atoms with Gasteiger partial charge < -0.3 is 10.6 Å². The van der Waals surface area contributed by atoms with Gasteiger partial charge in [0.2, 0.25) is 0 Å². The first-order chi connectivity index (χ1) is 9.54. The van der Waals surface area contributed by atoms with Crippen molar-refractivity contribution in [2.24, 2.45) is 0 Å². The summed E-state index contributed by atoms with van der Waals surface area (Å²) in [6.07, 6.45) is 5.72. The Bertz CT molecular complexity index is 476. The second kappa shape index (κ2) is 6.29. The highest BCUT2D eigenvalue weighted by Gasteiger charge is 2.30. The van der Waals surface area contributed by atoms with Crippen molar-refractivity contribution in [2.75, 3.05) is 11.9 Å². The molecule has 3 heteroatoms. The van der Waals surface area contributed by atoms with Gasteiger partial charge in [0, 0.05) is 23.3 Å². The maximum atomic E-state index is 12.4. The predicted octanol–water partition coefficient (Wildman–Crippen LogP) is 3.88. The summed E-state index contributed by atoms with van der Waals surface area (Å²) in [5.41, 5.74) is 2.90. The summed E-state index contributed by atoms with van der Waals surface area (Å²) in [5.74, 6) is 0.0638. The van der Waals surface area contributed by atoms with Gasteiger partial charge in [-0.25, -0.2) is 0 Å². The maximum absolute atomic E-state index is 12.4. The standard InChI is InChI=1S/C17H26N2O/c1-4-11-18-14-7-8-15(13(2)12-14)16(20)19-17(3)9-5-6-10-17/h7-8,12,18H,4-6,9-11H2,1-3H3,(H,19,20). The first kappa shape index (κ1) is 14.9. The van der Waals surface area contributed by atoms with Gasteiger partial charge in [-0.3, -0.25) is 4.79 Å². The minimum Gasteiger partial charge on any atom is -0.385 e. The first-order valence-corrected chi connectivity index (χ1v) is 7.71. The number of aryl methyl sites for hydroxylation is 1. The minimum absolute atomic E-state index is 0.0113. The lowest BCUT2D eigenvalue weighted by molar-refractivity contribution is 0.0907. The molecule has 2 N–H and O–H groups in total. The second-order valence-corrected chi connectivity index (χ2v) is 6.18. The van der Waals surface area contributed by atoms with E-state index in [1.165, 1.54) is 12.8 Å². The number of hydrogen-bond acceptors (Lipinski definition) is 2. The van der Waals surface area contributed by atoms with Crippen molar-refractivity contribution in [3.63, 3.8) is 0 Å². The molecule has 0 spiro atoms. The van der Waals surface area contributed by atoms with Crippen molar-refractivity contribution in [2.45, 2.75) is 58.4 Å². The van der Waals surface area contributed by atoms with Crippen LogP contribution in [0.4, 0.5) is 5.69 Å². The normalized spacial score (nSPS) is 16.9. The number of benzene rings is 1. The number of nitrogens with one attached hydrogen (secondary N) is 2. The Balaban J connectivity index is 2.06. The van der Waals surface area contributed by atoms with Gasteiger partial charge in [0.1, 0.15) is 0 Å². The molecule has 0 heterocycles. The summed E-state index contributed by atoms with van der Waals surface area (Å²) in [5, 5.41) is 6.57. The van der Waals surface area contributed by atoms with Crippen LogP contribution < -0.4 is 10.6 Å². The van der Waals surface area contributed by atoms with Crippen LogP contribution in [-0.4, -0.2) is 18.0 Å². The molecule has 0 radical (unpaired) electrons. The van der Waals surface area contributed by atoms with Crippen molar-refractivity contribution < 1.29 is 4.79 Å². The molecule has 0 atom stereocenters. The summed E-state index contributed by atoms with van der Waals surface area (Å²) >= 11 is 0. The number of anilines is 1. The zero-order valence-electron chi connectivity index (χ0n) is 12.9. The lowest BCUT2D eigenvalue weighted by Crippen LogP contribution is -2.43. The Kier molecular flexibility index (Phi) is 4.69. The van der Waals surface area contributed by atoms with E-state index in [4.69, 9.17) is 0 Å². The van der Waals surface area contributed by atoms with Gasteiger partial charge in [-0.15, -0.1) is 0 Å². The van der Waals surface area contributed by atoms with Gasteiger partial charge in [0.05, 0.1) is 0 Å². The molecule has 1 aliphatic rings. The lowest BCUT2D eigenvalue weighted by atomic mass is 9.99. The number of hydrogen-bond donors (Lipinski definition) is 2. The van der Waals surface area contributed by atoms with Gasteiger partial charge in [-0.2, -0.15) is 0 Å². The van der Waals surface area contributed by atoms with Crippen molar-refractivity contribution in [3.05, 3.63) is 29.3 Å². The second-order valence-electron chi connectivity index (χ2n) is 6.18. The molecule has 20 heavy (non-hydrogen) atoms. The molecule has 2 rings (SSSR count). The SMILES string of the molecule is CCCNc1ccc(C(=O)NC2(C)CCCC2)c(C)c1. The van der Waals surface area contributed by atoms with E-state index in [-0.39, 0.29) is 11.4 Å². The van der Waals surface area contributed by atoms with Crippen LogP contribution in [0, 0.1) is 6.92 Å². The Morgan fingerprint density at radius 3 is 2.60 bits per heavy atom. The summed E-state index contributed by atoms with van der Waals surface area (Å²) in [6.45, 7) is 7.26. The zero-order valence-corrected chi connectivity index (χ0v) is 12.9. The van der Waals surface area contributed by atoms with Crippen molar-refractivity contribution in [1.82, 2.24) is 5.32 Å². The number of amides is 1. The van der Waals surface area contributed by atoms with E-state index in [0.29, 0.717) is 0 Å². The average molecular weight is 274 g/mol. The van der Waals surface area contributed by atoms with Crippen LogP contribution in [0.3, 0.4) is 0 Å². The Morgan fingerprint density at radius 2 is 2.00 bits per heavy atom. The monoisotopic (exact) mass is 274 g/mol. The van der Waals surface area contributed by atoms with E-state index in [1.807, 2.05) is 19.1 Å². The van der Waals surface area contributed by atoms with Gasteiger partial charge in [0.15, 0.2) is 0 Å². The number of rotatable bonds is 5. The molecule has 1 amide bonds. The molecule has 1 fully saturated rings. The maximum Gasteiger partial charge on any atom is 0.251 e. The molecule has 0 unspecified atom stereocenters. The smallest absolute Gasteiger partial charge is 0.251 e. The fourth-order valence-electron chi connectivity index (χ4n) is 2.92. The summed E-state index contributed by atoms with van der Waals surface area (Å²) in [7, 11) is 0. The van der Waals surface area contributed by atoms with Crippen molar-refractivity contribution in [1.29, 1.82) is 0 Å². The van der Waals surface area contributed by atoms with E-state index in [0.717, 1.165) is 42.6 Å². The molecule has 3 nitrogen and oxygen atoms in total. The first-order valence-electron chi connectivity index (χ1n) is 7.71. The van der Waals surface area contributed by atoms with Crippen LogP contribution in [0.5, 0.6) is 0 Å². The third-order valence-electron chi connectivity index (χ3n) is 4.17. The molecular weight excluding hydrogens is 248 g/mol. The predicted molar refractivity (Wildman–Crippen MR) is 84.3 cm³/mol. The van der Waals surface area contributed by atoms with Crippen LogP contribution in [0.25, 0.3) is 0 Å². The Labute approximate surface area is 122 Å². The van der Waals surface area contributed by atoms with E-state index >= 15 is 0 Å². The van der Waals surface area contributed by atoms with Crippen LogP contribution in [0.15, 0.2) is 18.2 Å². The zero-order chi connectivity index (χ0) is 14.6. The molecule has 1 aromatic carbocycles. The summed E-state index contributed by atoms with van der Waals surface area (Å²) in [6, 6.07) is 5.98. The minimum atomic E-state index is -0.0113. The Hall–Kier alpha value is -1.51. The third kappa shape index (κ3) is 3.53. The third-order valence-corrected chi connectivity index (χ3v) is 4.17. The van der Waals surface area contributed by atoms with Gasteiger partial charge in [-0.05, 0) is 56.9 Å². The molecule has 0 aliphatic heterocycles. The van der Waals surface area contributed by atoms with Crippen molar-refractivity contribution >= 4 is 11.6 Å². The molecule has 0 bridgehead atoms. The largest absolute Gasteiger partial charge is 0.385 e. The number of carbonyl (C=O) groups excluding carboxylic acids is 1. The lowest BCUT2D eigenvalue weighted by Gasteiger charge is -2.25. The molecule has 0 saturated heterocycles. The van der Waals surface area contributed by atoms with Crippen LogP contribution in [0.1, 0.15) is 61.9 Å². The quantitative estimate of drug-likeness (QED) is 0.855. The van der Waals surface area contributed by atoms with Crippen LogP contribution >= 0.6 is 0 Å². The van der Waals surface area contributed by atoms with Gasteiger partial charge in [0.25, 0.3) is 5.91 Å². The average Bonchev–Trinajstić information content (AvgIpc) is 2.82. The van der Waals surface area contributed by atoms with E-state index in [9.17, 15) is 4.79 Å². The summed E-state index contributed by atoms with van der Waals surface area (Å²) < 4.78 is 0. The van der Waals surface area contributed by atoms with Gasteiger partial charge >= 0.3 is 0 Å². The molecule has 1 saturated carbocycles. The number of carbonyl (C=O) groups is 1. The highest BCUT2D eigenvalue weighted by molar-refractivity contribution is 5.96. The fourth-order valence-corrected chi connectivity index (χ4v) is 2.92. The van der Waals surface area contributed by atoms with Crippen molar-refractivity contribution in [3.8, 4) is 0 Å². The molecule has 1 aliphatic carbocycles. The molecular formula is C17H26N2O.